The van der Waals surface area contributed by atoms with Crippen molar-refractivity contribution in [2.75, 3.05) is 0 Å². The summed E-state index contributed by atoms with van der Waals surface area (Å²) in [7, 11) is 0. The summed E-state index contributed by atoms with van der Waals surface area (Å²) in [5, 5.41) is 6.34. The van der Waals surface area contributed by atoms with E-state index in [2.05, 4.69) is 36.4 Å². The Morgan fingerprint density at radius 1 is 1.53 bits per heavy atom. The summed E-state index contributed by atoms with van der Waals surface area (Å²) < 4.78 is 5.47. The molecule has 17 heavy (non-hydrogen) atoms. The van der Waals surface area contributed by atoms with Crippen LogP contribution in [-0.4, -0.2) is 21.0 Å². The number of nitrogens with one attached hydrogen (secondary N) is 1. The highest BCUT2D eigenvalue weighted by Crippen LogP contribution is 2.06. The molecule has 0 atom stereocenters. The fourth-order valence-electron chi connectivity index (χ4n) is 1.18. The van der Waals surface area contributed by atoms with Crippen LogP contribution in [0.3, 0.4) is 0 Å². The van der Waals surface area contributed by atoms with E-state index in [4.69, 9.17) is 4.52 Å². The number of aryl methyl sites for hydroxylation is 1. The van der Waals surface area contributed by atoms with Gasteiger partial charge in [-0.25, -0.2) is 4.98 Å². The summed E-state index contributed by atoms with van der Waals surface area (Å²) in [5.74, 6) is 0.688. The van der Waals surface area contributed by atoms with E-state index in [1.54, 1.807) is 19.1 Å². The van der Waals surface area contributed by atoms with Gasteiger partial charge in [0.25, 0.3) is 5.91 Å². The van der Waals surface area contributed by atoms with Crippen LogP contribution in [0.25, 0.3) is 0 Å². The molecule has 0 bridgehead atoms. The van der Waals surface area contributed by atoms with E-state index in [-0.39, 0.29) is 12.5 Å². The third kappa shape index (κ3) is 3.10. The first-order chi connectivity index (χ1) is 8.15. The molecular weight excluding hydrogens is 288 g/mol. The maximum absolute atomic E-state index is 11.7. The third-order valence-corrected chi connectivity index (χ3v) is 2.44. The molecule has 88 valence electrons. The van der Waals surface area contributed by atoms with Crippen molar-refractivity contribution in [1.29, 1.82) is 0 Å². The van der Waals surface area contributed by atoms with Gasteiger partial charge < -0.3 is 9.84 Å². The minimum atomic E-state index is -0.229. The van der Waals surface area contributed by atoms with Crippen LogP contribution < -0.4 is 5.32 Å². The van der Waals surface area contributed by atoms with Gasteiger partial charge in [-0.05, 0) is 28.1 Å². The summed E-state index contributed by atoms with van der Waals surface area (Å²) in [5.41, 5.74) is 0.480. The molecule has 0 aliphatic heterocycles. The normalized spacial score (nSPS) is 10.2. The first kappa shape index (κ1) is 11.7. The number of amides is 1. The molecule has 7 heteroatoms. The van der Waals surface area contributed by atoms with Gasteiger partial charge in [0, 0.05) is 13.1 Å². The molecule has 2 rings (SSSR count). The first-order valence-corrected chi connectivity index (χ1v) is 5.63. The number of halogens is 1. The predicted molar refractivity (Wildman–Crippen MR) is 62.1 cm³/mol. The molecule has 2 aromatic rings. The first-order valence-electron chi connectivity index (χ1n) is 4.84. The average Bonchev–Trinajstić information content (AvgIpc) is 2.73. The summed E-state index contributed by atoms with van der Waals surface area (Å²) in [6.07, 6.45) is 1.49. The van der Waals surface area contributed by atoms with Crippen molar-refractivity contribution in [3.05, 3.63) is 40.2 Å². The van der Waals surface area contributed by atoms with Crippen molar-refractivity contribution >= 4 is 21.8 Å². The summed E-state index contributed by atoms with van der Waals surface area (Å²) in [6, 6.07) is 3.38. The molecular formula is C10H9BrN4O2. The number of hydrogen-bond donors (Lipinski definition) is 1. The van der Waals surface area contributed by atoms with Crippen LogP contribution >= 0.6 is 15.9 Å². The van der Waals surface area contributed by atoms with Crippen LogP contribution in [0.4, 0.5) is 0 Å². The summed E-state index contributed by atoms with van der Waals surface area (Å²) in [6.45, 7) is 1.92. The van der Waals surface area contributed by atoms with Gasteiger partial charge in [0.05, 0.1) is 12.1 Å². The fraction of sp³-hybridized carbons (Fsp3) is 0.200. The van der Waals surface area contributed by atoms with Gasteiger partial charge in [-0.2, -0.15) is 4.98 Å². The quantitative estimate of drug-likeness (QED) is 0.868. The van der Waals surface area contributed by atoms with E-state index < -0.39 is 0 Å². The lowest BCUT2D eigenvalue weighted by molar-refractivity contribution is 0.0949. The molecule has 0 saturated heterocycles. The van der Waals surface area contributed by atoms with Crippen LogP contribution in [0.1, 0.15) is 22.1 Å². The number of carbonyl (C=O) groups excluding carboxylic acids is 1. The number of aromatic nitrogens is 3. The predicted octanol–water partition coefficient (Wildman–Crippen LogP) is 1.47. The van der Waals surface area contributed by atoms with Gasteiger partial charge in [0.2, 0.25) is 5.89 Å². The largest absolute Gasteiger partial charge is 0.345 e. The Labute approximate surface area is 106 Å². The molecule has 0 unspecified atom stereocenters. The van der Waals surface area contributed by atoms with Crippen molar-refractivity contribution < 1.29 is 9.32 Å². The standard InChI is InChI=1S/C10H9BrN4O2/c1-6-14-9(15-17-6)5-13-10(16)7-2-3-8(11)12-4-7/h2-4H,5H2,1H3,(H,13,16). The number of hydrogen-bond acceptors (Lipinski definition) is 5. The highest BCUT2D eigenvalue weighted by molar-refractivity contribution is 9.10. The van der Waals surface area contributed by atoms with Gasteiger partial charge in [-0.15, -0.1) is 0 Å². The molecule has 1 amide bonds. The van der Waals surface area contributed by atoms with E-state index in [9.17, 15) is 4.79 Å². The minimum Gasteiger partial charge on any atom is -0.345 e. The third-order valence-electron chi connectivity index (χ3n) is 1.97. The zero-order valence-electron chi connectivity index (χ0n) is 8.98. The molecule has 2 aromatic heterocycles. The minimum absolute atomic E-state index is 0.228. The Bertz CT molecular complexity index is 523. The molecule has 0 aliphatic carbocycles. The lowest BCUT2D eigenvalue weighted by atomic mass is 10.3. The molecule has 0 spiro atoms. The molecule has 1 N–H and O–H groups in total. The second-order valence-corrected chi connectivity index (χ2v) is 4.09. The Kier molecular flexibility index (Phi) is 3.48. The highest BCUT2D eigenvalue weighted by atomic mass is 79.9. The second kappa shape index (κ2) is 5.05. The second-order valence-electron chi connectivity index (χ2n) is 3.28. The molecule has 0 radical (unpaired) electrons. The maximum Gasteiger partial charge on any atom is 0.253 e. The van der Waals surface area contributed by atoms with Gasteiger partial charge in [-0.1, -0.05) is 5.16 Å². The van der Waals surface area contributed by atoms with Gasteiger partial charge in [0.1, 0.15) is 4.60 Å². The van der Waals surface area contributed by atoms with Gasteiger partial charge in [-0.3, -0.25) is 4.79 Å². The molecule has 6 nitrogen and oxygen atoms in total. The smallest absolute Gasteiger partial charge is 0.253 e. The van der Waals surface area contributed by atoms with Crippen molar-refractivity contribution in [3.8, 4) is 0 Å². The average molecular weight is 297 g/mol. The molecule has 0 aromatic carbocycles. The zero-order valence-corrected chi connectivity index (χ0v) is 10.6. The van der Waals surface area contributed by atoms with Crippen molar-refractivity contribution in [2.24, 2.45) is 0 Å². The van der Waals surface area contributed by atoms with Gasteiger partial charge >= 0.3 is 0 Å². The van der Waals surface area contributed by atoms with Crippen molar-refractivity contribution in [2.45, 2.75) is 13.5 Å². The highest BCUT2D eigenvalue weighted by Gasteiger charge is 2.08. The number of rotatable bonds is 3. The number of carbonyl (C=O) groups is 1. The lowest BCUT2D eigenvalue weighted by Crippen LogP contribution is -2.23. The SMILES string of the molecule is Cc1nc(CNC(=O)c2ccc(Br)nc2)no1. The molecule has 0 saturated carbocycles. The van der Waals surface area contributed by atoms with E-state index in [0.717, 1.165) is 0 Å². The van der Waals surface area contributed by atoms with Crippen LogP contribution in [0.2, 0.25) is 0 Å². The van der Waals surface area contributed by atoms with E-state index >= 15 is 0 Å². The lowest BCUT2D eigenvalue weighted by Gasteiger charge is -2.01. The Balaban J connectivity index is 1.95. The maximum atomic E-state index is 11.7. The number of nitrogens with zero attached hydrogens (tertiary/aromatic N) is 3. The van der Waals surface area contributed by atoms with Crippen LogP contribution in [0.15, 0.2) is 27.5 Å². The van der Waals surface area contributed by atoms with E-state index in [1.165, 1.54) is 6.20 Å². The topological polar surface area (TPSA) is 80.9 Å². The zero-order chi connectivity index (χ0) is 12.3. The summed E-state index contributed by atoms with van der Waals surface area (Å²) >= 11 is 3.20. The summed E-state index contributed by atoms with van der Waals surface area (Å²) in [4.78, 5) is 19.6. The monoisotopic (exact) mass is 296 g/mol. The van der Waals surface area contributed by atoms with Crippen LogP contribution in [-0.2, 0) is 6.54 Å². The van der Waals surface area contributed by atoms with E-state index in [0.29, 0.717) is 21.9 Å². The van der Waals surface area contributed by atoms with Crippen molar-refractivity contribution in [1.82, 2.24) is 20.4 Å². The number of pyridine rings is 1. The molecule has 2 heterocycles. The Hall–Kier alpha value is -1.76. The fourth-order valence-corrected chi connectivity index (χ4v) is 1.42. The van der Waals surface area contributed by atoms with Crippen LogP contribution in [0.5, 0.6) is 0 Å². The molecule has 0 aliphatic rings. The Morgan fingerprint density at radius 2 is 2.35 bits per heavy atom. The Morgan fingerprint density at radius 3 is 2.94 bits per heavy atom. The van der Waals surface area contributed by atoms with Crippen LogP contribution in [0, 0.1) is 6.92 Å². The molecule has 0 fully saturated rings. The van der Waals surface area contributed by atoms with E-state index in [1.807, 2.05) is 0 Å². The van der Waals surface area contributed by atoms with Gasteiger partial charge in [0.15, 0.2) is 5.82 Å². The van der Waals surface area contributed by atoms with Crippen molar-refractivity contribution in [3.63, 3.8) is 0 Å².